The predicted octanol–water partition coefficient (Wildman–Crippen LogP) is -9.67. The maximum Gasteiger partial charge on any atom is 0.500 e. The molecule has 48 valence electrons. The Hall–Kier alpha value is 0.430. The average molecular weight is 170 g/mol. The van der Waals surface area contributed by atoms with Crippen LogP contribution in [0, 0.1) is 0 Å². The SMILES string of the molecule is [Cl-].[Cl-].[Cl-].[NH3+]C(=O)F. The normalized spacial score (nSPS) is 3.71. The van der Waals surface area contributed by atoms with Crippen molar-refractivity contribution in [3.63, 3.8) is 0 Å². The number of rotatable bonds is 0. The van der Waals surface area contributed by atoms with Crippen molar-refractivity contribution in [2.75, 3.05) is 0 Å². The molecule has 0 unspecified atom stereocenters. The van der Waals surface area contributed by atoms with Crippen molar-refractivity contribution < 1.29 is 52.1 Å². The minimum Gasteiger partial charge on any atom is -1.00 e. The summed E-state index contributed by atoms with van der Waals surface area (Å²) in [6.45, 7) is 0. The molecule has 0 saturated carbocycles. The molecule has 0 heterocycles. The molecule has 0 rings (SSSR count). The van der Waals surface area contributed by atoms with Crippen LogP contribution >= 0.6 is 0 Å². The Bertz CT molecular complexity index is 37.9. The third-order valence-electron chi connectivity index (χ3n) is 0. The molecule has 0 bridgehead atoms. The van der Waals surface area contributed by atoms with E-state index in [4.69, 9.17) is 4.79 Å². The monoisotopic (exact) mass is 169 g/mol. The number of halogens is 4. The smallest absolute Gasteiger partial charge is 0.500 e. The van der Waals surface area contributed by atoms with Gasteiger partial charge in [0.2, 0.25) is 0 Å². The van der Waals surface area contributed by atoms with Gasteiger partial charge in [-0.15, -0.1) is 4.39 Å². The largest absolute Gasteiger partial charge is 1.00 e. The molecule has 3 N–H and O–H groups in total. The van der Waals surface area contributed by atoms with Crippen molar-refractivity contribution in [3.8, 4) is 0 Å². The van der Waals surface area contributed by atoms with Crippen LogP contribution in [-0.4, -0.2) is 6.16 Å². The van der Waals surface area contributed by atoms with Crippen molar-refractivity contribution in [3.05, 3.63) is 0 Å². The fourth-order valence-corrected chi connectivity index (χ4v) is 0. The first-order valence-electron chi connectivity index (χ1n) is 0.747. The maximum atomic E-state index is 10.2. The van der Waals surface area contributed by atoms with Gasteiger partial charge < -0.3 is 37.2 Å². The Morgan fingerprint density at radius 2 is 1.29 bits per heavy atom. The van der Waals surface area contributed by atoms with Crippen LogP contribution < -0.4 is 43.0 Å². The van der Waals surface area contributed by atoms with E-state index < -0.39 is 6.16 Å². The van der Waals surface area contributed by atoms with Crippen molar-refractivity contribution >= 4 is 6.16 Å². The summed E-state index contributed by atoms with van der Waals surface area (Å²) in [6, 6.07) is 0. The lowest BCUT2D eigenvalue weighted by molar-refractivity contribution is -0.264. The van der Waals surface area contributed by atoms with Crippen LogP contribution in [0.1, 0.15) is 0 Å². The number of carbonyl (C=O) groups is 1. The molecule has 0 fully saturated rings. The van der Waals surface area contributed by atoms with E-state index in [1.54, 1.807) is 0 Å². The van der Waals surface area contributed by atoms with Gasteiger partial charge in [-0.3, -0.25) is 5.73 Å². The number of amides is 1. The molecule has 0 aliphatic carbocycles. The highest BCUT2D eigenvalue weighted by atomic mass is 35.5. The van der Waals surface area contributed by atoms with Crippen molar-refractivity contribution in [1.29, 1.82) is 0 Å². The topological polar surface area (TPSA) is 44.7 Å². The molecule has 0 aromatic carbocycles. The number of hydrogen-bond acceptors (Lipinski definition) is 1. The van der Waals surface area contributed by atoms with Crippen LogP contribution in [0.25, 0.3) is 0 Å². The lowest BCUT2D eigenvalue weighted by Gasteiger charge is -1.46. The van der Waals surface area contributed by atoms with E-state index >= 15 is 0 Å². The summed E-state index contributed by atoms with van der Waals surface area (Å²) in [5, 5.41) is 0. The fraction of sp³-hybridized carbons (Fsp3) is 0. The van der Waals surface area contributed by atoms with E-state index in [9.17, 15) is 4.39 Å². The second-order valence-electron chi connectivity index (χ2n) is 0.355. The second kappa shape index (κ2) is 16.1. The fourth-order valence-electron chi connectivity index (χ4n) is 0. The van der Waals surface area contributed by atoms with Crippen LogP contribution in [0.2, 0.25) is 0 Å². The van der Waals surface area contributed by atoms with E-state index in [2.05, 4.69) is 5.73 Å². The Labute approximate surface area is 58.9 Å². The van der Waals surface area contributed by atoms with E-state index in [1.807, 2.05) is 0 Å². The lowest BCUT2D eigenvalue weighted by atomic mass is 11.4. The van der Waals surface area contributed by atoms with Gasteiger partial charge in [0.05, 0.1) is 0 Å². The summed E-state index contributed by atoms with van der Waals surface area (Å²) in [5.74, 6) is 0. The lowest BCUT2D eigenvalue weighted by Crippen LogP contribution is -3.00. The van der Waals surface area contributed by atoms with E-state index in [0.29, 0.717) is 0 Å². The molecule has 0 aliphatic rings. The van der Waals surface area contributed by atoms with Gasteiger partial charge in [-0.05, 0) is 0 Å². The van der Waals surface area contributed by atoms with Crippen LogP contribution in [0.3, 0.4) is 0 Å². The Morgan fingerprint density at radius 3 is 1.29 bits per heavy atom. The number of quaternary nitrogens is 1. The predicted molar refractivity (Wildman–Crippen MR) is 9.39 cm³/mol. The third kappa shape index (κ3) is 682. The Kier molecular flexibility index (Phi) is 60.1. The molecule has 0 radical (unpaired) electrons. The molecule has 1 amide bonds. The van der Waals surface area contributed by atoms with Gasteiger partial charge in [0.25, 0.3) is 0 Å². The van der Waals surface area contributed by atoms with Crippen molar-refractivity contribution in [1.82, 2.24) is 0 Å². The Balaban J connectivity index is -0.0000000150. The Morgan fingerprint density at radius 1 is 1.29 bits per heavy atom. The first-order valence-corrected chi connectivity index (χ1v) is 0.747. The molecule has 0 atom stereocenters. The zero-order chi connectivity index (χ0) is 3.58. The van der Waals surface area contributed by atoms with Gasteiger partial charge in [-0.2, -0.15) is 4.79 Å². The van der Waals surface area contributed by atoms with Gasteiger partial charge >= 0.3 is 6.16 Å². The summed E-state index contributed by atoms with van der Waals surface area (Å²) < 4.78 is 10.2. The van der Waals surface area contributed by atoms with Crippen molar-refractivity contribution in [2.24, 2.45) is 0 Å². The van der Waals surface area contributed by atoms with Gasteiger partial charge in [0.1, 0.15) is 0 Å². The van der Waals surface area contributed by atoms with E-state index in [-0.39, 0.29) is 37.2 Å². The summed E-state index contributed by atoms with van der Waals surface area (Å²) in [4.78, 5) is 8.67. The highest BCUT2D eigenvalue weighted by Crippen LogP contribution is 1.47. The zero-order valence-electron chi connectivity index (χ0n) is 3.13. The first kappa shape index (κ1) is 26.1. The van der Waals surface area contributed by atoms with Crippen LogP contribution in [-0.2, 0) is 0 Å². The molecule has 0 spiro atoms. The molecule has 0 saturated heterocycles. The minimum atomic E-state index is -1.58. The van der Waals surface area contributed by atoms with E-state index in [1.165, 1.54) is 0 Å². The molecule has 0 aromatic heterocycles. The minimum absolute atomic E-state index is 0. The highest BCUT2D eigenvalue weighted by Gasteiger charge is 1.78. The highest BCUT2D eigenvalue weighted by molar-refractivity contribution is 5.51. The van der Waals surface area contributed by atoms with Crippen LogP contribution in [0.4, 0.5) is 9.18 Å². The molecular weight excluding hydrogens is 167 g/mol. The summed E-state index contributed by atoms with van der Waals surface area (Å²) in [6.07, 6.45) is -1.58. The van der Waals surface area contributed by atoms with Crippen LogP contribution in [0.15, 0.2) is 0 Å². The number of hydrogen-bond donors (Lipinski definition) is 1. The summed E-state index contributed by atoms with van der Waals surface area (Å²) >= 11 is 0. The van der Waals surface area contributed by atoms with Crippen molar-refractivity contribution in [2.45, 2.75) is 0 Å². The molecular formula is CH3Cl3FNO-2. The molecule has 7 heavy (non-hydrogen) atoms. The van der Waals surface area contributed by atoms with E-state index in [0.717, 1.165) is 0 Å². The van der Waals surface area contributed by atoms with Gasteiger partial charge in [0.15, 0.2) is 0 Å². The standard InChI is InChI=1S/CH2FNO.3ClH/c2-1(3)4;;;/h(H2,3,4);3*1H/p-2. The summed E-state index contributed by atoms with van der Waals surface area (Å²) in [7, 11) is 0. The quantitative estimate of drug-likeness (QED) is 0.285. The molecule has 6 heteroatoms. The van der Waals surface area contributed by atoms with Gasteiger partial charge in [-0.25, -0.2) is 0 Å². The summed E-state index contributed by atoms with van der Waals surface area (Å²) in [5.41, 5.74) is 2.33. The van der Waals surface area contributed by atoms with Gasteiger partial charge in [-0.1, -0.05) is 0 Å². The maximum absolute atomic E-state index is 10.2. The van der Waals surface area contributed by atoms with Gasteiger partial charge in [0, 0.05) is 0 Å². The molecule has 0 aliphatic heterocycles. The average Bonchev–Trinajstić information content (AvgIpc) is 0.811. The third-order valence-corrected chi connectivity index (χ3v) is 0. The van der Waals surface area contributed by atoms with Crippen LogP contribution in [0.5, 0.6) is 0 Å². The first-order chi connectivity index (χ1) is 1.73. The second-order valence-corrected chi connectivity index (χ2v) is 0.355. The number of carbonyl (C=O) groups excluding carboxylic acids is 1. The zero-order valence-corrected chi connectivity index (χ0v) is 5.39. The molecule has 0 aromatic rings. The molecule has 2 nitrogen and oxygen atoms in total.